The predicted molar refractivity (Wildman–Crippen MR) is 107 cm³/mol. The summed E-state index contributed by atoms with van der Waals surface area (Å²) in [7, 11) is 1.74. The fourth-order valence-corrected chi connectivity index (χ4v) is 4.51. The molecule has 0 spiro atoms. The van der Waals surface area contributed by atoms with Crippen molar-refractivity contribution in [2.75, 3.05) is 23.3 Å². The van der Waals surface area contributed by atoms with E-state index in [9.17, 15) is 4.39 Å². The number of ether oxygens (including phenoxy) is 1. The van der Waals surface area contributed by atoms with Crippen LogP contribution in [0.2, 0.25) is 5.02 Å². The fraction of sp³-hybridized carbons (Fsp3) is 0.474. The molecular weight excluding hydrogens is 413 g/mol. The van der Waals surface area contributed by atoms with Crippen molar-refractivity contribution in [3.63, 3.8) is 0 Å². The van der Waals surface area contributed by atoms with Gasteiger partial charge >= 0.3 is 12.0 Å². The van der Waals surface area contributed by atoms with Gasteiger partial charge in [-0.05, 0) is 43.7 Å². The molecule has 2 aliphatic rings. The summed E-state index contributed by atoms with van der Waals surface area (Å²) in [6.07, 6.45) is 2.24. The number of aryl methyl sites for hydroxylation is 2. The molecule has 2 bridgehead atoms. The van der Waals surface area contributed by atoms with Crippen LogP contribution in [-0.4, -0.2) is 44.0 Å². The third-order valence-electron chi connectivity index (χ3n) is 5.74. The zero-order chi connectivity index (χ0) is 20.8. The Morgan fingerprint density at radius 3 is 2.67 bits per heavy atom. The fourth-order valence-electron chi connectivity index (χ4n) is 4.34. The molecule has 3 heterocycles. The first kappa shape index (κ1) is 19.1. The molecule has 3 aromatic rings. The molecule has 2 aromatic heterocycles. The van der Waals surface area contributed by atoms with Crippen LogP contribution in [0.5, 0.6) is 11.8 Å². The highest BCUT2D eigenvalue weighted by Crippen LogP contribution is 2.39. The lowest BCUT2D eigenvalue weighted by molar-refractivity contribution is 0.340. The number of aromatic nitrogens is 5. The highest BCUT2D eigenvalue weighted by atomic mass is 35.5. The molecule has 158 valence electrons. The molecule has 2 fully saturated rings. The van der Waals surface area contributed by atoms with Crippen LogP contribution in [-0.2, 0) is 7.05 Å². The van der Waals surface area contributed by atoms with E-state index in [4.69, 9.17) is 20.9 Å². The second-order valence-electron chi connectivity index (χ2n) is 7.82. The number of rotatable bonds is 5. The SMILES string of the molecule is Cc1noc(N2C[C@H]3CC[C@@H](C2)C3Nc2nc(Oc3ccc(F)c(Cl)c3)n(C)n2)n1. The number of benzene rings is 1. The van der Waals surface area contributed by atoms with Crippen LogP contribution >= 0.6 is 11.6 Å². The summed E-state index contributed by atoms with van der Waals surface area (Å²) in [5.74, 6) is 1.91. The van der Waals surface area contributed by atoms with Gasteiger partial charge in [-0.1, -0.05) is 16.8 Å². The Kier molecular flexibility index (Phi) is 4.73. The van der Waals surface area contributed by atoms with E-state index in [1.807, 2.05) is 6.92 Å². The smallest absolute Gasteiger partial charge is 0.324 e. The van der Waals surface area contributed by atoms with E-state index in [-0.39, 0.29) is 11.1 Å². The van der Waals surface area contributed by atoms with E-state index in [1.165, 1.54) is 22.9 Å². The minimum Gasteiger partial charge on any atom is -0.424 e. The summed E-state index contributed by atoms with van der Waals surface area (Å²) in [6, 6.07) is 5.31. The summed E-state index contributed by atoms with van der Waals surface area (Å²) in [4.78, 5) is 11.0. The third kappa shape index (κ3) is 3.55. The summed E-state index contributed by atoms with van der Waals surface area (Å²) in [5, 5.41) is 11.8. The van der Waals surface area contributed by atoms with Crippen LogP contribution in [0.3, 0.4) is 0 Å². The number of nitrogens with zero attached hydrogens (tertiary/aromatic N) is 6. The van der Waals surface area contributed by atoms with Crippen LogP contribution in [0, 0.1) is 24.6 Å². The average Bonchev–Trinajstić information content (AvgIpc) is 3.35. The first-order chi connectivity index (χ1) is 14.5. The second-order valence-corrected chi connectivity index (χ2v) is 8.22. The number of piperidine rings is 1. The summed E-state index contributed by atoms with van der Waals surface area (Å²) in [5.41, 5.74) is 0. The molecule has 1 unspecified atom stereocenters. The van der Waals surface area contributed by atoms with Crippen LogP contribution in [0.1, 0.15) is 18.7 Å². The molecule has 5 rings (SSSR count). The van der Waals surface area contributed by atoms with Gasteiger partial charge in [-0.15, -0.1) is 5.10 Å². The molecule has 1 aliphatic carbocycles. The molecule has 11 heteroatoms. The minimum absolute atomic E-state index is 0.00667. The number of nitrogens with one attached hydrogen (secondary N) is 1. The van der Waals surface area contributed by atoms with Crippen molar-refractivity contribution in [1.82, 2.24) is 24.9 Å². The van der Waals surface area contributed by atoms with E-state index in [1.54, 1.807) is 7.05 Å². The highest BCUT2D eigenvalue weighted by Gasteiger charge is 2.43. The Morgan fingerprint density at radius 2 is 2.00 bits per heavy atom. The second kappa shape index (κ2) is 7.42. The van der Waals surface area contributed by atoms with Crippen LogP contribution < -0.4 is 15.0 Å². The molecule has 0 amide bonds. The van der Waals surface area contributed by atoms with Crippen molar-refractivity contribution in [1.29, 1.82) is 0 Å². The van der Waals surface area contributed by atoms with Crippen molar-refractivity contribution in [3.8, 4) is 11.8 Å². The number of hydrogen-bond donors (Lipinski definition) is 1. The zero-order valence-corrected chi connectivity index (χ0v) is 17.3. The average molecular weight is 434 g/mol. The quantitative estimate of drug-likeness (QED) is 0.654. The molecular formula is C19H21ClFN7O2. The molecule has 3 atom stereocenters. The minimum atomic E-state index is -0.498. The molecule has 0 radical (unpaired) electrons. The lowest BCUT2D eigenvalue weighted by Crippen LogP contribution is -2.48. The Labute approximate surface area is 177 Å². The lowest BCUT2D eigenvalue weighted by Gasteiger charge is -2.37. The molecule has 1 saturated heterocycles. The van der Waals surface area contributed by atoms with Crippen molar-refractivity contribution in [2.24, 2.45) is 18.9 Å². The molecule has 1 aromatic carbocycles. The molecule has 1 saturated carbocycles. The molecule has 1 N–H and O–H groups in total. The van der Waals surface area contributed by atoms with Gasteiger partial charge < -0.3 is 19.5 Å². The van der Waals surface area contributed by atoms with Gasteiger partial charge in [-0.25, -0.2) is 9.07 Å². The van der Waals surface area contributed by atoms with E-state index in [0.717, 1.165) is 25.9 Å². The lowest BCUT2D eigenvalue weighted by atomic mass is 9.92. The Morgan fingerprint density at radius 1 is 1.23 bits per heavy atom. The topological polar surface area (TPSA) is 94.1 Å². The van der Waals surface area contributed by atoms with E-state index >= 15 is 0 Å². The van der Waals surface area contributed by atoms with Gasteiger partial charge in [0.2, 0.25) is 5.95 Å². The van der Waals surface area contributed by atoms with E-state index in [0.29, 0.717) is 41.4 Å². The highest BCUT2D eigenvalue weighted by molar-refractivity contribution is 6.30. The van der Waals surface area contributed by atoms with Crippen LogP contribution in [0.15, 0.2) is 22.7 Å². The number of hydrogen-bond acceptors (Lipinski definition) is 8. The Bertz CT molecular complexity index is 1060. The Balaban J connectivity index is 1.27. The van der Waals surface area contributed by atoms with Gasteiger partial charge in [0.15, 0.2) is 5.82 Å². The zero-order valence-electron chi connectivity index (χ0n) is 16.5. The third-order valence-corrected chi connectivity index (χ3v) is 6.03. The normalized spacial score (nSPS) is 23.1. The maximum atomic E-state index is 13.4. The Hall–Kier alpha value is -2.88. The van der Waals surface area contributed by atoms with Crippen molar-refractivity contribution >= 4 is 23.6 Å². The van der Waals surface area contributed by atoms with Crippen molar-refractivity contribution < 1.29 is 13.7 Å². The molecule has 30 heavy (non-hydrogen) atoms. The van der Waals surface area contributed by atoms with E-state index < -0.39 is 5.82 Å². The van der Waals surface area contributed by atoms with Crippen molar-refractivity contribution in [3.05, 3.63) is 34.9 Å². The first-order valence-corrected chi connectivity index (χ1v) is 10.2. The maximum Gasteiger partial charge on any atom is 0.324 e. The van der Waals surface area contributed by atoms with Crippen molar-refractivity contribution in [2.45, 2.75) is 25.8 Å². The maximum absolute atomic E-state index is 13.4. The number of fused-ring (bicyclic) bond motifs is 2. The summed E-state index contributed by atoms with van der Waals surface area (Å²) < 4.78 is 26.0. The molecule has 9 nitrogen and oxygen atoms in total. The van der Waals surface area contributed by atoms with Gasteiger partial charge in [0.25, 0.3) is 0 Å². The largest absolute Gasteiger partial charge is 0.424 e. The number of anilines is 2. The summed E-state index contributed by atoms with van der Waals surface area (Å²) >= 11 is 5.82. The first-order valence-electron chi connectivity index (χ1n) is 9.82. The van der Waals surface area contributed by atoms with Gasteiger partial charge in [0.1, 0.15) is 11.6 Å². The van der Waals surface area contributed by atoms with Crippen LogP contribution in [0.25, 0.3) is 0 Å². The van der Waals surface area contributed by atoms with Gasteiger partial charge in [0, 0.05) is 32.2 Å². The predicted octanol–water partition coefficient (Wildman–Crippen LogP) is 3.42. The standard InChI is InChI=1S/C19H21ClFN7O2/c1-10-22-19(30-26-10)28-8-11-3-4-12(9-28)16(11)23-17-24-18(27(2)25-17)29-13-5-6-15(21)14(20)7-13/h5-7,11-12,16H,3-4,8-9H2,1-2H3,(H,23,25)/t11-,12+,16?. The van der Waals surface area contributed by atoms with Gasteiger partial charge in [0.05, 0.1) is 5.02 Å². The van der Waals surface area contributed by atoms with Gasteiger partial charge in [-0.3, -0.25) is 0 Å². The van der Waals surface area contributed by atoms with E-state index in [2.05, 4.69) is 30.4 Å². The van der Waals surface area contributed by atoms with Crippen LogP contribution in [0.4, 0.5) is 16.4 Å². The monoisotopic (exact) mass is 433 g/mol. The van der Waals surface area contributed by atoms with Gasteiger partial charge in [-0.2, -0.15) is 9.97 Å². The molecule has 1 aliphatic heterocycles. The number of halogens is 2. The summed E-state index contributed by atoms with van der Waals surface area (Å²) in [6.45, 7) is 3.52.